The lowest BCUT2D eigenvalue weighted by molar-refractivity contribution is -0.136. The predicted octanol–water partition coefficient (Wildman–Crippen LogP) is 4.93. The Hall–Kier alpha value is -4.15. The summed E-state index contributed by atoms with van der Waals surface area (Å²) in [5, 5.41) is 21.7. The van der Waals surface area contributed by atoms with Gasteiger partial charge in [-0.25, -0.2) is 0 Å². The lowest BCUT2D eigenvalue weighted by Gasteiger charge is -2.06. The number of nitrogens with zero attached hydrogens (tertiary/aromatic N) is 2. The summed E-state index contributed by atoms with van der Waals surface area (Å²) in [4.78, 5) is 27.6. The lowest BCUT2D eigenvalue weighted by atomic mass is 9.99. The Balaban J connectivity index is 1.44. The van der Waals surface area contributed by atoms with Crippen LogP contribution in [0.2, 0.25) is 0 Å². The number of rotatable bonds is 5. The summed E-state index contributed by atoms with van der Waals surface area (Å²) in [5.74, 6) is -1.21. The molecule has 0 saturated carbocycles. The smallest absolute Gasteiger partial charge is 0.307 e. The van der Waals surface area contributed by atoms with E-state index in [0.717, 1.165) is 22.4 Å². The number of carbonyl (C=O) groups excluding carboxylic acids is 1. The van der Waals surface area contributed by atoms with Gasteiger partial charge in [-0.15, -0.1) is 0 Å². The van der Waals surface area contributed by atoms with Gasteiger partial charge in [-0.2, -0.15) is 10.3 Å². The van der Waals surface area contributed by atoms with Crippen molar-refractivity contribution in [1.82, 2.24) is 0 Å². The zero-order chi connectivity index (χ0) is 22.5. The maximum Gasteiger partial charge on any atom is 0.307 e. The highest BCUT2D eigenvalue weighted by molar-refractivity contribution is 8.18. The molecule has 1 amide bonds. The number of amides is 1. The van der Waals surface area contributed by atoms with Crippen molar-refractivity contribution in [2.45, 2.75) is 6.42 Å². The van der Waals surface area contributed by atoms with Gasteiger partial charge in [0.05, 0.1) is 23.0 Å². The number of aliphatic imine (C=N–C) groups is 1. The average Bonchev–Trinajstić information content (AvgIpc) is 3.13. The molecule has 0 bridgehead atoms. The normalized spacial score (nSPS) is 14.2. The second-order valence-electron chi connectivity index (χ2n) is 7.00. The summed E-state index contributed by atoms with van der Waals surface area (Å²) in [5.41, 5.74) is 4.68. The number of nitriles is 1. The van der Waals surface area contributed by atoms with Crippen molar-refractivity contribution < 1.29 is 14.7 Å². The number of carbonyl (C=O) groups is 2. The van der Waals surface area contributed by atoms with E-state index in [4.69, 9.17) is 5.11 Å². The highest BCUT2D eigenvalue weighted by atomic mass is 32.2. The number of aliphatic carboxylic acids is 1. The van der Waals surface area contributed by atoms with E-state index in [1.54, 1.807) is 36.4 Å². The quantitative estimate of drug-likeness (QED) is 0.546. The van der Waals surface area contributed by atoms with Crippen LogP contribution < -0.4 is 5.32 Å². The number of thioether (sulfide) groups is 1. The van der Waals surface area contributed by atoms with Gasteiger partial charge in [-0.1, -0.05) is 54.6 Å². The third kappa shape index (κ3) is 4.94. The first kappa shape index (κ1) is 21.1. The number of amidine groups is 1. The molecule has 0 unspecified atom stereocenters. The molecule has 1 aliphatic rings. The number of anilines is 1. The third-order valence-electron chi connectivity index (χ3n) is 4.75. The summed E-state index contributed by atoms with van der Waals surface area (Å²) in [6.07, 6.45) is 1.74. The number of hydrogen-bond donors (Lipinski definition) is 2. The van der Waals surface area contributed by atoms with Crippen molar-refractivity contribution >= 4 is 40.6 Å². The molecule has 4 rings (SSSR count). The molecule has 0 atom stereocenters. The van der Waals surface area contributed by atoms with Crippen molar-refractivity contribution in [1.29, 1.82) is 5.26 Å². The van der Waals surface area contributed by atoms with E-state index in [0.29, 0.717) is 21.2 Å². The second-order valence-corrected chi connectivity index (χ2v) is 8.04. The zero-order valence-corrected chi connectivity index (χ0v) is 17.6. The standard InChI is InChI=1S/C25H17N3O3S/c26-15-19-3-1-2-4-21(19)18-9-5-16(6-10-18)13-22-24(31)28-25(32-22)27-20-11-7-17(8-12-20)14-23(29)30/h1-13H,14H2,(H,29,30)(H,27,28,31). The number of carboxylic acids is 1. The van der Waals surface area contributed by atoms with Crippen LogP contribution in [0, 0.1) is 11.3 Å². The molecule has 7 heteroatoms. The second kappa shape index (κ2) is 9.33. The molecular weight excluding hydrogens is 422 g/mol. The van der Waals surface area contributed by atoms with Gasteiger partial charge in [-0.3, -0.25) is 9.59 Å². The number of carboxylic acid groups (broad SMARTS) is 1. The van der Waals surface area contributed by atoms with Crippen LogP contribution in [0.4, 0.5) is 5.69 Å². The maximum atomic E-state index is 12.3. The van der Waals surface area contributed by atoms with Gasteiger partial charge in [0.15, 0.2) is 5.17 Å². The molecule has 0 aliphatic carbocycles. The zero-order valence-electron chi connectivity index (χ0n) is 16.8. The molecule has 0 aromatic heterocycles. The van der Waals surface area contributed by atoms with Crippen LogP contribution in [0.15, 0.2) is 82.7 Å². The third-order valence-corrected chi connectivity index (χ3v) is 5.65. The van der Waals surface area contributed by atoms with E-state index < -0.39 is 5.97 Å². The minimum absolute atomic E-state index is 0.0394. The SMILES string of the molecule is N#Cc1ccccc1-c1ccc(C=C2SC(Nc3ccc(CC(=O)O)cc3)=NC2=O)cc1. The number of hydrogen-bond acceptors (Lipinski definition) is 5. The molecule has 1 aliphatic heterocycles. The number of nitrogens with one attached hydrogen (secondary N) is 1. The van der Waals surface area contributed by atoms with Gasteiger partial charge < -0.3 is 10.4 Å². The van der Waals surface area contributed by atoms with Crippen molar-refractivity contribution in [3.8, 4) is 17.2 Å². The van der Waals surface area contributed by atoms with Crippen molar-refractivity contribution in [2.75, 3.05) is 5.32 Å². The lowest BCUT2D eigenvalue weighted by Crippen LogP contribution is -2.05. The van der Waals surface area contributed by atoms with Crippen LogP contribution in [-0.4, -0.2) is 22.2 Å². The molecule has 156 valence electrons. The Morgan fingerprint density at radius 3 is 2.47 bits per heavy atom. The van der Waals surface area contributed by atoms with Gasteiger partial charge in [-0.05, 0) is 58.3 Å². The van der Waals surface area contributed by atoms with E-state index in [9.17, 15) is 14.9 Å². The van der Waals surface area contributed by atoms with Crippen molar-refractivity contribution in [3.05, 3.63) is 94.4 Å². The summed E-state index contributed by atoms with van der Waals surface area (Å²) in [7, 11) is 0. The maximum absolute atomic E-state index is 12.3. The molecule has 0 saturated heterocycles. The van der Waals surface area contributed by atoms with Crippen molar-refractivity contribution in [2.24, 2.45) is 4.99 Å². The van der Waals surface area contributed by atoms with Crippen LogP contribution >= 0.6 is 11.8 Å². The first-order valence-electron chi connectivity index (χ1n) is 9.72. The van der Waals surface area contributed by atoms with Crippen LogP contribution in [-0.2, 0) is 16.0 Å². The molecule has 32 heavy (non-hydrogen) atoms. The average molecular weight is 439 g/mol. The molecule has 3 aromatic carbocycles. The molecule has 6 nitrogen and oxygen atoms in total. The Morgan fingerprint density at radius 1 is 1.06 bits per heavy atom. The molecule has 2 N–H and O–H groups in total. The highest BCUT2D eigenvalue weighted by Gasteiger charge is 2.22. The predicted molar refractivity (Wildman–Crippen MR) is 126 cm³/mol. The Kier molecular flexibility index (Phi) is 6.15. The fourth-order valence-corrected chi connectivity index (χ4v) is 4.04. The minimum atomic E-state index is -0.885. The monoisotopic (exact) mass is 439 g/mol. The summed E-state index contributed by atoms with van der Waals surface area (Å²) in [6, 6.07) is 24.2. The van der Waals surface area contributed by atoms with E-state index in [1.165, 1.54) is 11.8 Å². The van der Waals surface area contributed by atoms with Crippen LogP contribution in [0.25, 0.3) is 17.2 Å². The fourth-order valence-electron chi connectivity index (χ4n) is 3.21. The Bertz CT molecular complexity index is 1290. The fraction of sp³-hybridized carbons (Fsp3) is 0.0400. The molecule has 0 radical (unpaired) electrons. The molecule has 3 aromatic rings. The highest BCUT2D eigenvalue weighted by Crippen LogP contribution is 2.30. The van der Waals surface area contributed by atoms with Crippen LogP contribution in [0.5, 0.6) is 0 Å². The molecule has 0 spiro atoms. The van der Waals surface area contributed by atoms with Crippen LogP contribution in [0.3, 0.4) is 0 Å². The summed E-state index contributed by atoms with van der Waals surface area (Å²) < 4.78 is 0. The largest absolute Gasteiger partial charge is 0.481 e. The van der Waals surface area contributed by atoms with E-state index in [2.05, 4.69) is 16.4 Å². The summed E-state index contributed by atoms with van der Waals surface area (Å²) in [6.45, 7) is 0. The van der Waals surface area contributed by atoms with Crippen molar-refractivity contribution in [3.63, 3.8) is 0 Å². The van der Waals surface area contributed by atoms with Gasteiger partial charge in [0.2, 0.25) is 0 Å². The first-order chi connectivity index (χ1) is 15.5. The molecule has 0 fully saturated rings. The van der Waals surface area contributed by atoms with Gasteiger partial charge in [0, 0.05) is 5.69 Å². The number of benzene rings is 3. The van der Waals surface area contributed by atoms with Gasteiger partial charge in [0.25, 0.3) is 5.91 Å². The van der Waals surface area contributed by atoms with E-state index >= 15 is 0 Å². The minimum Gasteiger partial charge on any atom is -0.481 e. The first-order valence-corrected chi connectivity index (χ1v) is 10.5. The van der Waals surface area contributed by atoms with Gasteiger partial charge in [0.1, 0.15) is 0 Å². The van der Waals surface area contributed by atoms with Crippen LogP contribution in [0.1, 0.15) is 16.7 Å². The molecular formula is C25H17N3O3S. The van der Waals surface area contributed by atoms with Gasteiger partial charge >= 0.3 is 5.97 Å². The topological polar surface area (TPSA) is 103 Å². The Labute approximate surface area is 188 Å². The summed E-state index contributed by atoms with van der Waals surface area (Å²) >= 11 is 1.24. The Morgan fingerprint density at radius 2 is 1.78 bits per heavy atom. The van der Waals surface area contributed by atoms with E-state index in [1.807, 2.05) is 42.5 Å². The van der Waals surface area contributed by atoms with E-state index in [-0.39, 0.29) is 12.3 Å². The molecule has 1 heterocycles.